The van der Waals surface area contributed by atoms with Crippen molar-refractivity contribution >= 4 is 23.1 Å². The molecule has 4 rings (SSSR count). The Balaban J connectivity index is 1.66. The van der Waals surface area contributed by atoms with E-state index in [0.29, 0.717) is 29.2 Å². The van der Waals surface area contributed by atoms with E-state index in [0.717, 1.165) is 22.4 Å². The molecule has 0 saturated heterocycles. The molecule has 3 aromatic carbocycles. The molecule has 1 heterocycles. The van der Waals surface area contributed by atoms with Crippen molar-refractivity contribution in [1.82, 2.24) is 4.90 Å². The molecule has 0 saturated carbocycles. The standard InChI is InChI=1S/C28H28N2O4/c1-19-10-13-21(14-11-19)25-26(29(2)22-8-6-5-7-9-22)28(32)30(27(25)31)17-16-20-12-15-23(33-3)24(18-20)34-4/h5-15,18H,16-17H2,1-4H3. The van der Waals surface area contributed by atoms with Crippen molar-refractivity contribution in [1.29, 1.82) is 0 Å². The normalized spacial score (nSPS) is 13.5. The molecule has 0 fully saturated rings. The van der Waals surface area contributed by atoms with Crippen LogP contribution in [0.15, 0.2) is 78.5 Å². The Labute approximate surface area is 200 Å². The van der Waals surface area contributed by atoms with Crippen LogP contribution in [0.5, 0.6) is 11.5 Å². The monoisotopic (exact) mass is 456 g/mol. The van der Waals surface area contributed by atoms with E-state index in [4.69, 9.17) is 9.47 Å². The van der Waals surface area contributed by atoms with Crippen LogP contribution in [-0.4, -0.2) is 44.5 Å². The molecule has 6 heteroatoms. The Morgan fingerprint density at radius 3 is 2.15 bits per heavy atom. The van der Waals surface area contributed by atoms with Gasteiger partial charge in [-0.15, -0.1) is 0 Å². The quantitative estimate of drug-likeness (QED) is 0.468. The molecule has 0 unspecified atom stereocenters. The maximum atomic E-state index is 13.6. The second kappa shape index (κ2) is 9.83. The van der Waals surface area contributed by atoms with E-state index < -0.39 is 0 Å². The van der Waals surface area contributed by atoms with Gasteiger partial charge in [0, 0.05) is 19.3 Å². The van der Waals surface area contributed by atoms with Crippen molar-refractivity contribution in [3.05, 3.63) is 95.2 Å². The maximum Gasteiger partial charge on any atom is 0.278 e. The fourth-order valence-electron chi connectivity index (χ4n) is 4.12. The molecule has 174 valence electrons. The summed E-state index contributed by atoms with van der Waals surface area (Å²) in [7, 11) is 4.99. The number of amides is 2. The van der Waals surface area contributed by atoms with E-state index in [1.54, 1.807) is 19.1 Å². The number of carbonyl (C=O) groups excluding carboxylic acids is 2. The zero-order valence-corrected chi connectivity index (χ0v) is 19.9. The van der Waals surface area contributed by atoms with Crippen molar-refractivity contribution in [3.8, 4) is 11.5 Å². The first-order valence-electron chi connectivity index (χ1n) is 11.1. The fraction of sp³-hybridized carbons (Fsp3) is 0.214. The highest BCUT2D eigenvalue weighted by atomic mass is 16.5. The molecule has 0 atom stereocenters. The maximum absolute atomic E-state index is 13.6. The van der Waals surface area contributed by atoms with E-state index in [2.05, 4.69) is 0 Å². The van der Waals surface area contributed by atoms with Crippen LogP contribution in [0.3, 0.4) is 0 Å². The van der Waals surface area contributed by atoms with Crippen LogP contribution in [0, 0.1) is 6.92 Å². The zero-order chi connectivity index (χ0) is 24.2. The van der Waals surface area contributed by atoms with Crippen LogP contribution in [0.1, 0.15) is 16.7 Å². The van der Waals surface area contributed by atoms with Crippen LogP contribution < -0.4 is 14.4 Å². The molecular formula is C28H28N2O4. The van der Waals surface area contributed by atoms with Gasteiger partial charge in [-0.3, -0.25) is 14.5 Å². The molecular weight excluding hydrogens is 428 g/mol. The van der Waals surface area contributed by atoms with E-state index in [1.807, 2.05) is 86.8 Å². The first kappa shape index (κ1) is 23.1. The minimum atomic E-state index is -0.299. The summed E-state index contributed by atoms with van der Waals surface area (Å²) in [6.45, 7) is 2.25. The Kier molecular flexibility index (Phi) is 6.68. The van der Waals surface area contributed by atoms with Gasteiger partial charge >= 0.3 is 0 Å². The fourth-order valence-corrected chi connectivity index (χ4v) is 4.12. The lowest BCUT2D eigenvalue weighted by atomic mass is 10.0. The molecule has 2 amide bonds. The third kappa shape index (κ3) is 4.39. The van der Waals surface area contributed by atoms with Crippen molar-refractivity contribution < 1.29 is 19.1 Å². The highest BCUT2D eigenvalue weighted by Crippen LogP contribution is 2.34. The summed E-state index contributed by atoms with van der Waals surface area (Å²) in [4.78, 5) is 30.3. The summed E-state index contributed by atoms with van der Waals surface area (Å²) in [6.07, 6.45) is 0.501. The Morgan fingerprint density at radius 2 is 1.50 bits per heavy atom. The molecule has 0 aliphatic carbocycles. The van der Waals surface area contributed by atoms with Gasteiger partial charge in [0.1, 0.15) is 5.70 Å². The van der Waals surface area contributed by atoms with Gasteiger partial charge in [-0.05, 0) is 48.7 Å². The third-order valence-electron chi connectivity index (χ3n) is 6.03. The predicted octanol–water partition coefficient (Wildman–Crippen LogP) is 4.47. The molecule has 1 aliphatic heterocycles. The van der Waals surface area contributed by atoms with Crippen molar-refractivity contribution in [2.45, 2.75) is 13.3 Å². The lowest BCUT2D eigenvalue weighted by Crippen LogP contribution is -2.35. The van der Waals surface area contributed by atoms with E-state index in [1.165, 1.54) is 4.90 Å². The minimum absolute atomic E-state index is 0.259. The summed E-state index contributed by atoms with van der Waals surface area (Å²) < 4.78 is 10.7. The number of imide groups is 1. The topological polar surface area (TPSA) is 59.1 Å². The SMILES string of the molecule is COc1ccc(CCN2C(=O)C(c3ccc(C)cc3)=C(N(C)c3ccccc3)C2=O)cc1OC. The van der Waals surface area contributed by atoms with Crippen molar-refractivity contribution in [2.75, 3.05) is 32.7 Å². The summed E-state index contributed by atoms with van der Waals surface area (Å²) in [6, 6.07) is 22.9. The van der Waals surface area contributed by atoms with Crippen LogP contribution in [0.25, 0.3) is 5.57 Å². The van der Waals surface area contributed by atoms with E-state index in [9.17, 15) is 9.59 Å². The van der Waals surface area contributed by atoms with Crippen molar-refractivity contribution in [2.24, 2.45) is 0 Å². The highest BCUT2D eigenvalue weighted by Gasteiger charge is 2.40. The number of methoxy groups -OCH3 is 2. The van der Waals surface area contributed by atoms with Gasteiger partial charge in [0.2, 0.25) is 0 Å². The first-order valence-corrected chi connectivity index (χ1v) is 11.1. The Morgan fingerprint density at radius 1 is 0.824 bits per heavy atom. The van der Waals surface area contributed by atoms with Gasteiger partial charge in [-0.2, -0.15) is 0 Å². The zero-order valence-electron chi connectivity index (χ0n) is 19.9. The molecule has 0 aromatic heterocycles. The molecule has 0 radical (unpaired) electrons. The number of rotatable bonds is 8. The molecule has 0 spiro atoms. The van der Waals surface area contributed by atoms with Crippen LogP contribution in [-0.2, 0) is 16.0 Å². The number of nitrogens with zero attached hydrogens (tertiary/aromatic N) is 2. The highest BCUT2D eigenvalue weighted by molar-refractivity contribution is 6.36. The number of para-hydroxylation sites is 1. The van der Waals surface area contributed by atoms with Gasteiger partial charge in [0.05, 0.1) is 19.8 Å². The number of hydrogen-bond acceptors (Lipinski definition) is 5. The van der Waals surface area contributed by atoms with Gasteiger partial charge in [-0.25, -0.2) is 0 Å². The number of aryl methyl sites for hydroxylation is 1. The summed E-state index contributed by atoms with van der Waals surface area (Å²) in [5, 5.41) is 0. The van der Waals surface area contributed by atoms with E-state index in [-0.39, 0.29) is 18.4 Å². The van der Waals surface area contributed by atoms with Gasteiger partial charge in [0.25, 0.3) is 11.8 Å². The molecule has 6 nitrogen and oxygen atoms in total. The Hall–Kier alpha value is -4.06. The third-order valence-corrected chi connectivity index (χ3v) is 6.03. The van der Waals surface area contributed by atoms with Gasteiger partial charge < -0.3 is 14.4 Å². The largest absolute Gasteiger partial charge is 0.493 e. The average Bonchev–Trinajstić information content (AvgIpc) is 3.12. The minimum Gasteiger partial charge on any atom is -0.493 e. The lowest BCUT2D eigenvalue weighted by Gasteiger charge is -2.21. The summed E-state index contributed by atoms with van der Waals surface area (Å²) in [5.74, 6) is 0.663. The second-order valence-corrected chi connectivity index (χ2v) is 8.19. The van der Waals surface area contributed by atoms with Crippen LogP contribution in [0.4, 0.5) is 5.69 Å². The molecule has 34 heavy (non-hydrogen) atoms. The molecule has 0 bridgehead atoms. The second-order valence-electron chi connectivity index (χ2n) is 8.19. The first-order chi connectivity index (χ1) is 16.4. The Bertz CT molecular complexity index is 1230. The van der Waals surface area contributed by atoms with Gasteiger partial charge in [0.15, 0.2) is 11.5 Å². The summed E-state index contributed by atoms with van der Waals surface area (Å²) >= 11 is 0. The predicted molar refractivity (Wildman–Crippen MR) is 133 cm³/mol. The van der Waals surface area contributed by atoms with Gasteiger partial charge in [-0.1, -0.05) is 54.1 Å². The lowest BCUT2D eigenvalue weighted by molar-refractivity contribution is -0.136. The van der Waals surface area contributed by atoms with Crippen LogP contribution in [0.2, 0.25) is 0 Å². The number of hydrogen-bond donors (Lipinski definition) is 0. The number of carbonyl (C=O) groups is 2. The van der Waals surface area contributed by atoms with Crippen LogP contribution >= 0.6 is 0 Å². The number of likely N-dealkylation sites (N-methyl/N-ethyl adjacent to an activating group) is 1. The molecule has 3 aromatic rings. The average molecular weight is 457 g/mol. The van der Waals surface area contributed by atoms with E-state index >= 15 is 0 Å². The smallest absolute Gasteiger partial charge is 0.278 e. The summed E-state index contributed by atoms with van der Waals surface area (Å²) in [5.41, 5.74) is 4.40. The number of ether oxygens (including phenoxy) is 2. The molecule has 0 N–H and O–H groups in total. The molecule has 1 aliphatic rings. The van der Waals surface area contributed by atoms with Crippen molar-refractivity contribution in [3.63, 3.8) is 0 Å². The number of benzene rings is 3. The number of anilines is 1.